The lowest BCUT2D eigenvalue weighted by molar-refractivity contribution is -0.161. The van der Waals surface area contributed by atoms with Crippen molar-refractivity contribution in [1.29, 1.82) is 0 Å². The van der Waals surface area contributed by atoms with Gasteiger partial charge in [-0.25, -0.2) is 4.79 Å². The van der Waals surface area contributed by atoms with Crippen molar-refractivity contribution in [2.45, 2.75) is 156 Å². The number of alkyl carbamates (subject to hydrolysis) is 1. The molecule has 0 heterocycles. The van der Waals surface area contributed by atoms with Gasteiger partial charge in [0, 0.05) is 31.6 Å². The molecule has 0 aromatic carbocycles. The minimum atomic E-state index is -1.81. The monoisotopic (exact) mass is 1640 g/mol. The fourth-order valence-electron chi connectivity index (χ4n) is 6.17. The van der Waals surface area contributed by atoms with E-state index in [0.29, 0.717) is 0 Å². The van der Waals surface area contributed by atoms with Crippen LogP contribution in [0.3, 0.4) is 0 Å². The average molecular weight is 1650 g/mol. The van der Waals surface area contributed by atoms with Crippen LogP contribution in [-0.4, -0.2) is 210 Å². The predicted molar refractivity (Wildman–Crippen MR) is 347 cm³/mol. The maximum atomic E-state index is 14.8. The molecule has 510 valence electrons. The van der Waals surface area contributed by atoms with Gasteiger partial charge in [-0.15, -0.1) is 0 Å². The summed E-state index contributed by atoms with van der Waals surface area (Å²) in [6.07, 6.45) is -0.564. The molecular formula is C57H94Br6N4O21. The largest absolute Gasteiger partial charge is 0.463 e. The van der Waals surface area contributed by atoms with E-state index in [-0.39, 0.29) is 52.8 Å². The first-order chi connectivity index (χ1) is 39.8. The molecule has 0 aromatic rings. The Bertz CT molecular complexity index is 2030. The van der Waals surface area contributed by atoms with Crippen molar-refractivity contribution in [2.24, 2.45) is 21.7 Å². The van der Waals surface area contributed by atoms with Gasteiger partial charge >= 0.3 is 41.9 Å². The van der Waals surface area contributed by atoms with Crippen molar-refractivity contribution in [3.05, 3.63) is 0 Å². The number of amides is 4. The summed E-state index contributed by atoms with van der Waals surface area (Å²) in [5, 5.41) is 11.1. The van der Waals surface area contributed by atoms with Crippen molar-refractivity contribution in [1.82, 2.24) is 21.3 Å². The highest BCUT2D eigenvalue weighted by atomic mass is 79.9. The van der Waals surface area contributed by atoms with E-state index in [1.165, 1.54) is 104 Å². The molecule has 0 radical (unpaired) electrons. The number of hydrogen-bond acceptors (Lipinski definition) is 21. The molecule has 4 amide bonds. The van der Waals surface area contributed by atoms with Crippen LogP contribution >= 0.6 is 95.6 Å². The first-order valence-electron chi connectivity index (χ1n) is 28.0. The lowest BCUT2D eigenvalue weighted by Gasteiger charge is -2.38. The molecule has 0 aliphatic carbocycles. The van der Waals surface area contributed by atoms with Gasteiger partial charge in [-0.2, -0.15) is 0 Å². The van der Waals surface area contributed by atoms with Gasteiger partial charge in [0.1, 0.15) is 87.4 Å². The Morgan fingerprint density at radius 3 is 0.727 bits per heavy atom. The molecule has 0 spiro atoms. The molecule has 0 fully saturated rings. The summed E-state index contributed by atoms with van der Waals surface area (Å²) in [5.41, 5.74) is -7.71. The van der Waals surface area contributed by atoms with Gasteiger partial charge in [0.15, 0.2) is 0 Å². The summed E-state index contributed by atoms with van der Waals surface area (Å²) in [5.74, 6) is -7.04. The summed E-state index contributed by atoms with van der Waals surface area (Å²) in [4.78, 5) is 135. The van der Waals surface area contributed by atoms with Crippen LogP contribution in [0.25, 0.3) is 0 Å². The van der Waals surface area contributed by atoms with Crippen LogP contribution < -0.4 is 21.3 Å². The van der Waals surface area contributed by atoms with E-state index in [0.717, 1.165) is 0 Å². The van der Waals surface area contributed by atoms with E-state index >= 15 is 0 Å². The van der Waals surface area contributed by atoms with Crippen molar-refractivity contribution in [3.63, 3.8) is 0 Å². The fraction of sp³-hybridized carbons (Fsp3) is 0.825. The van der Waals surface area contributed by atoms with E-state index in [4.69, 9.17) is 52.1 Å². The van der Waals surface area contributed by atoms with Crippen molar-refractivity contribution >= 4 is 155 Å². The molecule has 25 nitrogen and oxygen atoms in total. The standard InChI is InChI=1S/C57H94Br6N4O21/c1-47(2,3)88-46(77)64-19-20-78-21-22-79-23-24-80-25-26-81-36-57(27-65-37(68)54(16,30-82-40(71)48(4,5)58)31-83-41(72)49(6,7)59,28-66-38(69)55(17,32-84-42(73)50(8,9)60)33-85-43(74)51(10,11)61)29-67-39(70)56(18,34-86-44(75)52(12,13)62)35-87-45(76)53(14,15)63/h19-36H2,1-18H3,(H,64,77)(H,65,68)(H,66,69)(H,67,70). The van der Waals surface area contributed by atoms with Gasteiger partial charge in [0.2, 0.25) is 17.7 Å². The zero-order valence-electron chi connectivity index (χ0n) is 54.1. The number of ether oxygens (including phenoxy) is 11. The topological polar surface area (TPSA) is 320 Å². The number of rotatable bonds is 41. The number of hydrogen-bond donors (Lipinski definition) is 4. The predicted octanol–water partition coefficient (Wildman–Crippen LogP) is 7.23. The lowest BCUT2D eigenvalue weighted by Crippen LogP contribution is -2.59. The Kier molecular flexibility index (Phi) is 35.5. The second kappa shape index (κ2) is 36.6. The second-order valence-corrected chi connectivity index (χ2v) is 37.7. The maximum Gasteiger partial charge on any atom is 0.407 e. The molecule has 0 aliphatic rings. The van der Waals surface area contributed by atoms with Crippen LogP contribution in [0, 0.1) is 21.7 Å². The summed E-state index contributed by atoms with van der Waals surface area (Å²) < 4.78 is 54.8. The fourth-order valence-corrected chi connectivity index (χ4v) is 6.86. The Balaban J connectivity index is 7.66. The molecule has 0 aliphatic heterocycles. The van der Waals surface area contributed by atoms with Gasteiger partial charge < -0.3 is 73.4 Å². The summed E-state index contributed by atoms with van der Waals surface area (Å²) in [6.45, 7) is 23.2. The third kappa shape index (κ3) is 34.2. The number of halogens is 6. The first-order valence-corrected chi connectivity index (χ1v) is 32.8. The Labute approximate surface area is 568 Å². The van der Waals surface area contributed by atoms with E-state index in [9.17, 15) is 47.9 Å². The third-order valence-corrected chi connectivity index (χ3v) is 13.9. The van der Waals surface area contributed by atoms with Gasteiger partial charge in [-0.1, -0.05) is 95.6 Å². The molecular weight excluding hydrogens is 1560 g/mol. The van der Waals surface area contributed by atoms with Crippen molar-refractivity contribution < 1.29 is 100 Å². The number of alkyl halides is 6. The third-order valence-electron chi connectivity index (χ3n) is 12.0. The van der Waals surface area contributed by atoms with E-state index in [1.54, 1.807) is 20.8 Å². The smallest absolute Gasteiger partial charge is 0.407 e. The summed E-state index contributed by atoms with van der Waals surface area (Å²) in [6, 6.07) is 0. The Morgan fingerprint density at radius 1 is 0.295 bits per heavy atom. The minimum Gasteiger partial charge on any atom is -0.463 e. The lowest BCUT2D eigenvalue weighted by atomic mass is 9.84. The molecule has 0 saturated carbocycles. The van der Waals surface area contributed by atoms with E-state index in [2.05, 4.69) is 117 Å². The summed E-state index contributed by atoms with van der Waals surface area (Å²) in [7, 11) is 0. The maximum absolute atomic E-state index is 14.8. The minimum absolute atomic E-state index is 0.0225. The molecule has 88 heavy (non-hydrogen) atoms. The number of nitrogens with one attached hydrogen (secondary N) is 4. The second-order valence-electron chi connectivity index (χ2n) is 25.8. The molecule has 31 heteroatoms. The van der Waals surface area contributed by atoms with Gasteiger partial charge in [-0.3, -0.25) is 43.2 Å². The zero-order valence-corrected chi connectivity index (χ0v) is 63.6. The normalized spacial score (nSPS) is 13.1. The first kappa shape index (κ1) is 85.2. The SMILES string of the molecule is CC(C)(C)OC(=O)NCCOCCOCCOCCOCC(CNC(=O)C(C)(COC(=O)C(C)(C)Br)COC(=O)C(C)(C)Br)(CNC(=O)C(C)(COC(=O)C(C)(C)Br)COC(=O)C(C)(C)Br)CNC(=O)C(C)(COC(=O)C(C)(C)Br)COC(=O)C(C)(C)Br. The van der Waals surface area contributed by atoms with Crippen LogP contribution in [0.4, 0.5) is 4.79 Å². The summed E-state index contributed by atoms with van der Waals surface area (Å²) >= 11 is 19.6. The molecule has 0 saturated heterocycles. The van der Waals surface area contributed by atoms with Crippen LogP contribution in [0.15, 0.2) is 0 Å². The Morgan fingerprint density at radius 2 is 0.511 bits per heavy atom. The van der Waals surface area contributed by atoms with Crippen LogP contribution in [0.1, 0.15) is 125 Å². The number of carbonyl (C=O) groups is 10. The highest BCUT2D eigenvalue weighted by Crippen LogP contribution is 2.30. The molecule has 0 bridgehead atoms. The molecule has 0 aromatic heterocycles. The average Bonchev–Trinajstić information content (AvgIpc) is 1.59. The number of carbonyl (C=O) groups excluding carboxylic acids is 10. The van der Waals surface area contributed by atoms with Gasteiger partial charge in [0.25, 0.3) is 0 Å². The van der Waals surface area contributed by atoms with Crippen LogP contribution in [0.2, 0.25) is 0 Å². The van der Waals surface area contributed by atoms with E-state index in [1.807, 2.05) is 0 Å². The highest BCUT2D eigenvalue weighted by molar-refractivity contribution is 9.11. The zero-order chi connectivity index (χ0) is 68.6. The molecule has 4 N–H and O–H groups in total. The van der Waals surface area contributed by atoms with Crippen LogP contribution in [0.5, 0.6) is 0 Å². The van der Waals surface area contributed by atoms with Crippen molar-refractivity contribution in [2.75, 3.05) is 119 Å². The van der Waals surface area contributed by atoms with Gasteiger partial charge in [-0.05, 0) is 125 Å². The van der Waals surface area contributed by atoms with Gasteiger partial charge in [0.05, 0.1) is 52.9 Å². The van der Waals surface area contributed by atoms with E-state index < -0.39 is 179 Å². The van der Waals surface area contributed by atoms with Crippen molar-refractivity contribution in [3.8, 4) is 0 Å². The quantitative estimate of drug-likeness (QED) is 0.0203. The highest BCUT2D eigenvalue weighted by Gasteiger charge is 2.46. The molecule has 0 rings (SSSR count). The Hall–Kier alpha value is -2.78. The van der Waals surface area contributed by atoms with Crippen LogP contribution in [-0.2, 0) is 95.3 Å². The molecule has 0 atom stereocenters. The number of esters is 6. The molecule has 0 unspecified atom stereocenters.